The molecule has 1 atom stereocenters. The standard InChI is InChI=1S/C15H20F2N2/c16-12-7-11(8-13(17)9-12)3-5-19-6-4-15(10-19)18-14-1-2-14/h7-9,14-15,18H,1-6,10H2. The Balaban J connectivity index is 1.46. The molecule has 4 heteroatoms. The molecule has 3 rings (SSSR count). The van der Waals surface area contributed by atoms with Gasteiger partial charge in [0.05, 0.1) is 0 Å². The van der Waals surface area contributed by atoms with Crippen LogP contribution in [0.4, 0.5) is 8.78 Å². The van der Waals surface area contributed by atoms with Gasteiger partial charge in [0.25, 0.3) is 0 Å². The van der Waals surface area contributed by atoms with E-state index in [9.17, 15) is 8.78 Å². The van der Waals surface area contributed by atoms with Gasteiger partial charge in [-0.3, -0.25) is 0 Å². The highest BCUT2D eigenvalue weighted by molar-refractivity contribution is 5.18. The SMILES string of the molecule is Fc1cc(F)cc(CCN2CCC(NC3CC3)C2)c1. The molecule has 2 nitrogen and oxygen atoms in total. The second-order valence-corrected chi connectivity index (χ2v) is 5.75. The highest BCUT2D eigenvalue weighted by Gasteiger charge is 2.28. The van der Waals surface area contributed by atoms with Crippen molar-refractivity contribution in [2.24, 2.45) is 0 Å². The van der Waals surface area contributed by atoms with Gasteiger partial charge in [0.1, 0.15) is 11.6 Å². The van der Waals surface area contributed by atoms with E-state index >= 15 is 0 Å². The molecule has 1 unspecified atom stereocenters. The van der Waals surface area contributed by atoms with Crippen molar-refractivity contribution in [3.8, 4) is 0 Å². The van der Waals surface area contributed by atoms with Gasteiger partial charge in [-0.05, 0) is 49.9 Å². The van der Waals surface area contributed by atoms with Crippen molar-refractivity contribution in [3.63, 3.8) is 0 Å². The minimum atomic E-state index is -0.482. The molecule has 0 amide bonds. The van der Waals surface area contributed by atoms with Gasteiger partial charge < -0.3 is 10.2 Å². The number of nitrogens with one attached hydrogen (secondary N) is 1. The molecule has 1 aliphatic carbocycles. The lowest BCUT2D eigenvalue weighted by Crippen LogP contribution is -2.34. The first-order valence-electron chi connectivity index (χ1n) is 7.12. The van der Waals surface area contributed by atoms with E-state index in [-0.39, 0.29) is 0 Å². The smallest absolute Gasteiger partial charge is 0.126 e. The van der Waals surface area contributed by atoms with Crippen LogP contribution < -0.4 is 5.32 Å². The molecule has 1 heterocycles. The molecule has 2 fully saturated rings. The monoisotopic (exact) mass is 266 g/mol. The number of benzene rings is 1. The number of hydrogen-bond donors (Lipinski definition) is 1. The predicted octanol–water partition coefficient (Wildman–Crippen LogP) is 2.33. The first-order chi connectivity index (χ1) is 9.19. The zero-order valence-corrected chi connectivity index (χ0v) is 11.0. The zero-order chi connectivity index (χ0) is 13.2. The third-order valence-electron chi connectivity index (χ3n) is 3.96. The quantitative estimate of drug-likeness (QED) is 0.880. The Morgan fingerprint density at radius 2 is 1.79 bits per heavy atom. The van der Waals surface area contributed by atoms with Gasteiger partial charge >= 0.3 is 0 Å². The van der Waals surface area contributed by atoms with E-state index in [1.807, 2.05) is 0 Å². The Kier molecular flexibility index (Phi) is 3.80. The van der Waals surface area contributed by atoms with Crippen molar-refractivity contribution in [1.82, 2.24) is 10.2 Å². The van der Waals surface area contributed by atoms with Gasteiger partial charge in [-0.1, -0.05) is 0 Å². The molecule has 1 aliphatic heterocycles. The van der Waals surface area contributed by atoms with Crippen LogP contribution in [-0.4, -0.2) is 36.6 Å². The fourth-order valence-corrected chi connectivity index (χ4v) is 2.80. The maximum atomic E-state index is 13.1. The summed E-state index contributed by atoms with van der Waals surface area (Å²) < 4.78 is 26.2. The maximum absolute atomic E-state index is 13.1. The average molecular weight is 266 g/mol. The van der Waals surface area contributed by atoms with Gasteiger partial charge in [-0.25, -0.2) is 8.78 Å². The number of likely N-dealkylation sites (tertiary alicyclic amines) is 1. The molecule has 1 saturated carbocycles. The Bertz CT molecular complexity index is 426. The molecular formula is C15H20F2N2. The van der Waals surface area contributed by atoms with Crippen LogP contribution in [0.25, 0.3) is 0 Å². The van der Waals surface area contributed by atoms with E-state index in [0.29, 0.717) is 12.5 Å². The third kappa shape index (κ3) is 3.74. The van der Waals surface area contributed by atoms with E-state index in [4.69, 9.17) is 0 Å². The van der Waals surface area contributed by atoms with Gasteiger partial charge in [0.15, 0.2) is 0 Å². The van der Waals surface area contributed by atoms with Crippen LogP contribution in [0.5, 0.6) is 0 Å². The maximum Gasteiger partial charge on any atom is 0.126 e. The van der Waals surface area contributed by atoms with E-state index in [1.165, 1.54) is 31.4 Å². The molecule has 0 spiro atoms. The predicted molar refractivity (Wildman–Crippen MR) is 71.1 cm³/mol. The average Bonchev–Trinajstić information content (AvgIpc) is 3.03. The topological polar surface area (TPSA) is 15.3 Å². The van der Waals surface area contributed by atoms with Gasteiger partial charge in [-0.2, -0.15) is 0 Å². The first-order valence-corrected chi connectivity index (χ1v) is 7.12. The first kappa shape index (κ1) is 13.0. The summed E-state index contributed by atoms with van der Waals surface area (Å²) in [5, 5.41) is 3.64. The molecule has 1 aromatic carbocycles. The Hall–Kier alpha value is -1.00. The van der Waals surface area contributed by atoms with Crippen LogP contribution in [0.1, 0.15) is 24.8 Å². The molecule has 19 heavy (non-hydrogen) atoms. The highest BCUT2D eigenvalue weighted by atomic mass is 19.1. The van der Waals surface area contributed by atoms with E-state index in [1.54, 1.807) is 0 Å². The molecule has 0 bridgehead atoms. The summed E-state index contributed by atoms with van der Waals surface area (Å²) in [6.45, 7) is 3.03. The van der Waals surface area contributed by atoms with Crippen LogP contribution in [0.15, 0.2) is 18.2 Å². The molecule has 0 aromatic heterocycles. The molecule has 0 radical (unpaired) electrons. The summed E-state index contributed by atoms with van der Waals surface area (Å²) in [5.74, 6) is -0.964. The van der Waals surface area contributed by atoms with E-state index in [2.05, 4.69) is 10.2 Å². The van der Waals surface area contributed by atoms with Crippen molar-refractivity contribution < 1.29 is 8.78 Å². The molecule has 1 aromatic rings. The van der Waals surface area contributed by atoms with E-state index in [0.717, 1.165) is 37.3 Å². The number of hydrogen-bond acceptors (Lipinski definition) is 2. The van der Waals surface area contributed by atoms with Crippen molar-refractivity contribution in [2.75, 3.05) is 19.6 Å². The van der Waals surface area contributed by atoms with Gasteiger partial charge in [0, 0.05) is 31.2 Å². The summed E-state index contributed by atoms with van der Waals surface area (Å²) in [5.41, 5.74) is 0.746. The minimum Gasteiger partial charge on any atom is -0.310 e. The summed E-state index contributed by atoms with van der Waals surface area (Å²) in [4.78, 5) is 2.38. The minimum absolute atomic E-state index is 0.482. The second-order valence-electron chi connectivity index (χ2n) is 5.75. The lowest BCUT2D eigenvalue weighted by atomic mass is 10.1. The van der Waals surface area contributed by atoms with Crippen LogP contribution in [0.2, 0.25) is 0 Å². The molecule has 1 N–H and O–H groups in total. The number of halogens is 2. The van der Waals surface area contributed by atoms with Crippen molar-refractivity contribution in [3.05, 3.63) is 35.4 Å². The number of rotatable bonds is 5. The largest absolute Gasteiger partial charge is 0.310 e. The van der Waals surface area contributed by atoms with Crippen molar-refractivity contribution in [2.45, 2.75) is 37.8 Å². The summed E-state index contributed by atoms with van der Waals surface area (Å²) in [6, 6.07) is 5.15. The highest BCUT2D eigenvalue weighted by Crippen LogP contribution is 2.22. The van der Waals surface area contributed by atoms with Crippen molar-refractivity contribution >= 4 is 0 Å². The lowest BCUT2D eigenvalue weighted by molar-refractivity contribution is 0.331. The Morgan fingerprint density at radius 3 is 2.47 bits per heavy atom. The van der Waals surface area contributed by atoms with E-state index < -0.39 is 11.6 Å². The molecule has 1 saturated heterocycles. The van der Waals surface area contributed by atoms with Gasteiger partial charge in [-0.15, -0.1) is 0 Å². The summed E-state index contributed by atoms with van der Waals surface area (Å²) in [6.07, 6.45) is 4.54. The molecule has 2 aliphatic rings. The van der Waals surface area contributed by atoms with Crippen LogP contribution in [0, 0.1) is 11.6 Å². The zero-order valence-electron chi connectivity index (χ0n) is 11.0. The Labute approximate surface area is 112 Å². The normalized spacial score (nSPS) is 24.0. The van der Waals surface area contributed by atoms with Crippen LogP contribution in [-0.2, 0) is 6.42 Å². The van der Waals surface area contributed by atoms with Crippen LogP contribution in [0.3, 0.4) is 0 Å². The second kappa shape index (κ2) is 5.55. The third-order valence-corrected chi connectivity index (χ3v) is 3.96. The number of nitrogens with zero attached hydrogens (tertiary/aromatic N) is 1. The summed E-state index contributed by atoms with van der Waals surface area (Å²) in [7, 11) is 0. The van der Waals surface area contributed by atoms with Gasteiger partial charge in [0.2, 0.25) is 0 Å². The molecule has 104 valence electrons. The summed E-state index contributed by atoms with van der Waals surface area (Å²) >= 11 is 0. The molecular weight excluding hydrogens is 246 g/mol. The van der Waals surface area contributed by atoms with Crippen molar-refractivity contribution in [1.29, 1.82) is 0 Å². The Morgan fingerprint density at radius 1 is 1.05 bits per heavy atom. The lowest BCUT2D eigenvalue weighted by Gasteiger charge is -2.16. The van der Waals surface area contributed by atoms with Crippen LogP contribution >= 0.6 is 0 Å². The fraction of sp³-hybridized carbons (Fsp3) is 0.600. The fourth-order valence-electron chi connectivity index (χ4n) is 2.80.